The lowest BCUT2D eigenvalue weighted by molar-refractivity contribution is 0.290. The lowest BCUT2D eigenvalue weighted by Crippen LogP contribution is -2.26. The largest absolute Gasteiger partial charge is 0.330 e. The predicted molar refractivity (Wildman–Crippen MR) is 52.9 cm³/mol. The minimum Gasteiger partial charge on any atom is -0.330 e. The van der Waals surface area contributed by atoms with E-state index in [2.05, 4.69) is 25.6 Å². The third kappa shape index (κ3) is 3.04. The first-order valence-corrected chi connectivity index (χ1v) is 5.57. The fourth-order valence-corrected chi connectivity index (χ4v) is 2.89. The molecule has 66 valence electrons. The summed E-state index contributed by atoms with van der Waals surface area (Å²) in [4.78, 5) is 0. The van der Waals surface area contributed by atoms with Gasteiger partial charge < -0.3 is 5.73 Å². The zero-order valence-electron chi connectivity index (χ0n) is 7.60. The monoisotopic (exact) mass is 173 g/mol. The first kappa shape index (κ1) is 9.40. The van der Waals surface area contributed by atoms with Crippen LogP contribution in [-0.4, -0.2) is 18.1 Å². The van der Waals surface area contributed by atoms with Crippen LogP contribution >= 0.6 is 11.8 Å². The number of rotatable bonds is 3. The Kier molecular flexibility index (Phi) is 3.26. The number of nitrogens with two attached hydrogens (primary N) is 1. The smallest absolute Gasteiger partial charge is 0.00257 e. The molecule has 1 aliphatic rings. The molecule has 1 fully saturated rings. The van der Waals surface area contributed by atoms with E-state index < -0.39 is 0 Å². The summed E-state index contributed by atoms with van der Waals surface area (Å²) in [5.41, 5.74) is 6.05. The van der Waals surface area contributed by atoms with Crippen LogP contribution in [0.25, 0.3) is 0 Å². The van der Waals surface area contributed by atoms with Crippen molar-refractivity contribution in [3.63, 3.8) is 0 Å². The Bertz CT molecular complexity index is 117. The topological polar surface area (TPSA) is 26.0 Å². The van der Waals surface area contributed by atoms with Crippen molar-refractivity contribution in [2.45, 2.75) is 26.7 Å². The molecule has 0 bridgehead atoms. The Morgan fingerprint density at radius 3 is 2.73 bits per heavy atom. The highest BCUT2D eigenvalue weighted by Crippen LogP contribution is 2.33. The molecule has 1 aliphatic heterocycles. The average Bonchev–Trinajstić information content (AvgIpc) is 2.39. The average molecular weight is 173 g/mol. The molecule has 0 aromatic carbocycles. The van der Waals surface area contributed by atoms with Crippen LogP contribution < -0.4 is 5.73 Å². The van der Waals surface area contributed by atoms with E-state index in [1.54, 1.807) is 0 Å². The molecule has 0 spiro atoms. The Balaban J connectivity index is 2.28. The molecule has 0 saturated carbocycles. The standard InChI is InChI=1S/C9H19NS/c1-9(2,7-10)5-8-3-4-11-6-8/h8H,3-7,10H2,1-2H3. The molecular formula is C9H19NS. The summed E-state index contributed by atoms with van der Waals surface area (Å²) < 4.78 is 0. The van der Waals surface area contributed by atoms with Crippen LogP contribution in [-0.2, 0) is 0 Å². The maximum atomic E-state index is 5.68. The van der Waals surface area contributed by atoms with Gasteiger partial charge in [-0.05, 0) is 42.2 Å². The van der Waals surface area contributed by atoms with Crippen LogP contribution in [0.15, 0.2) is 0 Å². The fourth-order valence-electron chi connectivity index (χ4n) is 1.61. The second kappa shape index (κ2) is 3.81. The number of thioether (sulfide) groups is 1. The summed E-state index contributed by atoms with van der Waals surface area (Å²) in [7, 11) is 0. The highest BCUT2D eigenvalue weighted by molar-refractivity contribution is 7.99. The summed E-state index contributed by atoms with van der Waals surface area (Å²) in [6.45, 7) is 5.38. The molecule has 0 radical (unpaired) electrons. The first-order chi connectivity index (χ1) is 5.14. The Morgan fingerprint density at radius 2 is 2.27 bits per heavy atom. The van der Waals surface area contributed by atoms with Gasteiger partial charge in [-0.2, -0.15) is 11.8 Å². The summed E-state index contributed by atoms with van der Waals surface area (Å²) in [6, 6.07) is 0. The zero-order valence-corrected chi connectivity index (χ0v) is 8.41. The summed E-state index contributed by atoms with van der Waals surface area (Å²) >= 11 is 2.09. The van der Waals surface area contributed by atoms with Crippen LogP contribution in [0, 0.1) is 11.3 Å². The molecule has 11 heavy (non-hydrogen) atoms. The van der Waals surface area contributed by atoms with Gasteiger partial charge in [0.15, 0.2) is 0 Å². The summed E-state index contributed by atoms with van der Waals surface area (Å²) in [6.07, 6.45) is 2.73. The van der Waals surface area contributed by atoms with E-state index in [1.807, 2.05) is 0 Å². The van der Waals surface area contributed by atoms with Crippen LogP contribution in [0.2, 0.25) is 0 Å². The Morgan fingerprint density at radius 1 is 1.55 bits per heavy atom. The molecule has 0 aromatic rings. The Labute approximate surface area is 74.1 Å². The van der Waals surface area contributed by atoms with Crippen LogP contribution in [0.4, 0.5) is 0 Å². The molecule has 0 aromatic heterocycles. The lowest BCUT2D eigenvalue weighted by Gasteiger charge is -2.25. The van der Waals surface area contributed by atoms with Gasteiger partial charge in [0.05, 0.1) is 0 Å². The molecule has 1 nitrogen and oxygen atoms in total. The maximum absolute atomic E-state index is 5.68. The molecular weight excluding hydrogens is 154 g/mol. The first-order valence-electron chi connectivity index (χ1n) is 4.42. The van der Waals surface area contributed by atoms with E-state index in [9.17, 15) is 0 Å². The highest BCUT2D eigenvalue weighted by Gasteiger charge is 2.24. The van der Waals surface area contributed by atoms with Crippen molar-refractivity contribution in [2.24, 2.45) is 17.1 Å². The SMILES string of the molecule is CC(C)(CN)CC1CCSC1. The maximum Gasteiger partial charge on any atom is -0.00257 e. The zero-order chi connectivity index (χ0) is 8.32. The van der Waals surface area contributed by atoms with Gasteiger partial charge in [0, 0.05) is 0 Å². The van der Waals surface area contributed by atoms with Gasteiger partial charge in [-0.25, -0.2) is 0 Å². The van der Waals surface area contributed by atoms with Crippen molar-refractivity contribution in [2.75, 3.05) is 18.1 Å². The molecule has 1 atom stereocenters. The molecule has 1 rings (SSSR count). The van der Waals surface area contributed by atoms with E-state index in [0.29, 0.717) is 5.41 Å². The Hall–Kier alpha value is 0.310. The van der Waals surface area contributed by atoms with Crippen molar-refractivity contribution in [1.29, 1.82) is 0 Å². The molecule has 0 aliphatic carbocycles. The van der Waals surface area contributed by atoms with Crippen LogP contribution in [0.3, 0.4) is 0 Å². The third-order valence-electron chi connectivity index (χ3n) is 2.42. The molecule has 1 heterocycles. The van der Waals surface area contributed by atoms with Crippen molar-refractivity contribution in [3.8, 4) is 0 Å². The summed E-state index contributed by atoms with van der Waals surface area (Å²) in [5.74, 6) is 3.67. The van der Waals surface area contributed by atoms with E-state index >= 15 is 0 Å². The van der Waals surface area contributed by atoms with E-state index in [-0.39, 0.29) is 0 Å². The van der Waals surface area contributed by atoms with E-state index in [0.717, 1.165) is 12.5 Å². The van der Waals surface area contributed by atoms with Gasteiger partial charge in [0.2, 0.25) is 0 Å². The second-order valence-electron chi connectivity index (χ2n) is 4.30. The predicted octanol–water partition coefficient (Wildman–Crippen LogP) is 2.11. The highest BCUT2D eigenvalue weighted by atomic mass is 32.2. The second-order valence-corrected chi connectivity index (χ2v) is 5.45. The molecule has 2 N–H and O–H groups in total. The van der Waals surface area contributed by atoms with E-state index in [1.165, 1.54) is 24.3 Å². The molecule has 1 saturated heterocycles. The quantitative estimate of drug-likeness (QED) is 0.707. The minimum atomic E-state index is 0.371. The van der Waals surface area contributed by atoms with Crippen molar-refractivity contribution in [1.82, 2.24) is 0 Å². The van der Waals surface area contributed by atoms with Gasteiger partial charge >= 0.3 is 0 Å². The fraction of sp³-hybridized carbons (Fsp3) is 1.00. The lowest BCUT2D eigenvalue weighted by atomic mass is 9.83. The van der Waals surface area contributed by atoms with Crippen molar-refractivity contribution >= 4 is 11.8 Å². The molecule has 2 heteroatoms. The summed E-state index contributed by atoms with van der Waals surface area (Å²) in [5, 5.41) is 0. The van der Waals surface area contributed by atoms with Crippen molar-refractivity contribution < 1.29 is 0 Å². The normalized spacial score (nSPS) is 25.9. The van der Waals surface area contributed by atoms with Gasteiger partial charge in [0.1, 0.15) is 0 Å². The number of hydrogen-bond donors (Lipinski definition) is 1. The van der Waals surface area contributed by atoms with Crippen LogP contribution in [0.1, 0.15) is 26.7 Å². The van der Waals surface area contributed by atoms with Gasteiger partial charge in [-0.15, -0.1) is 0 Å². The van der Waals surface area contributed by atoms with Crippen LogP contribution in [0.5, 0.6) is 0 Å². The van der Waals surface area contributed by atoms with Crippen molar-refractivity contribution in [3.05, 3.63) is 0 Å². The van der Waals surface area contributed by atoms with Gasteiger partial charge in [-0.3, -0.25) is 0 Å². The molecule has 0 amide bonds. The van der Waals surface area contributed by atoms with Gasteiger partial charge in [-0.1, -0.05) is 13.8 Å². The van der Waals surface area contributed by atoms with E-state index in [4.69, 9.17) is 5.73 Å². The third-order valence-corrected chi connectivity index (χ3v) is 3.65. The van der Waals surface area contributed by atoms with Gasteiger partial charge in [0.25, 0.3) is 0 Å². The molecule has 1 unspecified atom stereocenters. The number of hydrogen-bond acceptors (Lipinski definition) is 2. The minimum absolute atomic E-state index is 0.371.